The second-order valence-corrected chi connectivity index (χ2v) is 8.74. The van der Waals surface area contributed by atoms with Gasteiger partial charge in [-0.2, -0.15) is 0 Å². The van der Waals surface area contributed by atoms with Crippen molar-refractivity contribution >= 4 is 11.8 Å². The SMILES string of the molecule is COC(=O)c1ccc2c(c1)Cc1nc(Cc3ccccc3)nc(NCCCN(C)CCCN)c1-2. The van der Waals surface area contributed by atoms with Crippen molar-refractivity contribution < 1.29 is 9.53 Å². The van der Waals surface area contributed by atoms with E-state index in [2.05, 4.69) is 29.4 Å². The first kappa shape index (κ1) is 23.9. The van der Waals surface area contributed by atoms with Gasteiger partial charge in [-0.15, -0.1) is 0 Å². The van der Waals surface area contributed by atoms with Gasteiger partial charge in [-0.25, -0.2) is 14.8 Å². The Morgan fingerprint density at radius 3 is 2.68 bits per heavy atom. The van der Waals surface area contributed by atoms with Crippen LogP contribution in [0.15, 0.2) is 48.5 Å². The Balaban J connectivity index is 1.57. The van der Waals surface area contributed by atoms with E-state index in [1.54, 1.807) is 0 Å². The zero-order valence-electron chi connectivity index (χ0n) is 20.0. The highest BCUT2D eigenvalue weighted by Gasteiger charge is 2.26. The predicted molar refractivity (Wildman–Crippen MR) is 135 cm³/mol. The van der Waals surface area contributed by atoms with Crippen molar-refractivity contribution in [2.45, 2.75) is 25.7 Å². The third-order valence-electron chi connectivity index (χ3n) is 6.14. The molecule has 0 amide bonds. The fourth-order valence-corrected chi connectivity index (χ4v) is 4.39. The molecule has 0 fully saturated rings. The summed E-state index contributed by atoms with van der Waals surface area (Å²) in [5.41, 5.74) is 11.6. The number of aromatic nitrogens is 2. The Kier molecular flexibility index (Phi) is 7.87. The molecule has 0 spiro atoms. The van der Waals surface area contributed by atoms with Crippen LogP contribution in [0.2, 0.25) is 0 Å². The zero-order chi connectivity index (χ0) is 23.9. The molecule has 1 heterocycles. The Morgan fingerprint density at radius 2 is 1.91 bits per heavy atom. The van der Waals surface area contributed by atoms with Crippen molar-refractivity contribution in [2.24, 2.45) is 5.73 Å². The molecule has 0 atom stereocenters. The summed E-state index contributed by atoms with van der Waals surface area (Å²) in [4.78, 5) is 24.2. The monoisotopic (exact) mass is 459 g/mol. The van der Waals surface area contributed by atoms with E-state index >= 15 is 0 Å². The molecule has 7 heteroatoms. The summed E-state index contributed by atoms with van der Waals surface area (Å²) >= 11 is 0. The van der Waals surface area contributed by atoms with E-state index in [4.69, 9.17) is 20.4 Å². The number of anilines is 1. The first-order valence-electron chi connectivity index (χ1n) is 11.9. The lowest BCUT2D eigenvalue weighted by atomic mass is 10.0. The number of nitrogens with two attached hydrogens (primary N) is 1. The third kappa shape index (κ3) is 5.61. The lowest BCUT2D eigenvalue weighted by molar-refractivity contribution is 0.0600. The molecule has 34 heavy (non-hydrogen) atoms. The van der Waals surface area contributed by atoms with Crippen molar-refractivity contribution in [2.75, 3.05) is 45.7 Å². The number of hydrogen-bond acceptors (Lipinski definition) is 7. The van der Waals surface area contributed by atoms with E-state index < -0.39 is 0 Å². The van der Waals surface area contributed by atoms with Crippen LogP contribution < -0.4 is 11.1 Å². The number of hydrogen-bond donors (Lipinski definition) is 2. The van der Waals surface area contributed by atoms with Crippen molar-refractivity contribution in [3.05, 3.63) is 76.7 Å². The van der Waals surface area contributed by atoms with Gasteiger partial charge >= 0.3 is 5.97 Å². The zero-order valence-corrected chi connectivity index (χ0v) is 20.0. The summed E-state index contributed by atoms with van der Waals surface area (Å²) in [6.45, 7) is 3.54. The van der Waals surface area contributed by atoms with Crippen LogP contribution >= 0.6 is 0 Å². The number of methoxy groups -OCH3 is 1. The van der Waals surface area contributed by atoms with Gasteiger partial charge in [0, 0.05) is 24.9 Å². The average Bonchev–Trinajstić information content (AvgIpc) is 3.23. The summed E-state index contributed by atoms with van der Waals surface area (Å²) in [7, 11) is 3.53. The fraction of sp³-hybridized carbons (Fsp3) is 0.370. The molecule has 1 aromatic heterocycles. The van der Waals surface area contributed by atoms with Crippen molar-refractivity contribution in [1.82, 2.24) is 14.9 Å². The van der Waals surface area contributed by atoms with Gasteiger partial charge in [-0.05, 0) is 68.3 Å². The number of nitrogens with one attached hydrogen (secondary N) is 1. The van der Waals surface area contributed by atoms with Crippen LogP contribution in [0.1, 0.15) is 45.8 Å². The third-order valence-corrected chi connectivity index (χ3v) is 6.14. The molecule has 4 rings (SSSR count). The molecule has 0 saturated heterocycles. The van der Waals surface area contributed by atoms with Crippen LogP contribution in [0.4, 0.5) is 5.82 Å². The summed E-state index contributed by atoms with van der Waals surface area (Å²) < 4.78 is 4.90. The van der Waals surface area contributed by atoms with Gasteiger partial charge in [0.25, 0.3) is 0 Å². The molecule has 0 bridgehead atoms. The fourth-order valence-electron chi connectivity index (χ4n) is 4.39. The van der Waals surface area contributed by atoms with Crippen molar-refractivity contribution in [3.63, 3.8) is 0 Å². The Labute approximate surface area is 201 Å². The highest BCUT2D eigenvalue weighted by Crippen LogP contribution is 2.40. The molecule has 0 saturated carbocycles. The number of esters is 1. The van der Waals surface area contributed by atoms with Crippen LogP contribution in [0.5, 0.6) is 0 Å². The topological polar surface area (TPSA) is 93.4 Å². The molecular weight excluding hydrogens is 426 g/mol. The summed E-state index contributed by atoms with van der Waals surface area (Å²) in [6.07, 6.45) is 3.36. The molecule has 3 N–H and O–H groups in total. The van der Waals surface area contributed by atoms with Crippen molar-refractivity contribution in [1.29, 1.82) is 0 Å². The number of benzene rings is 2. The van der Waals surface area contributed by atoms with Gasteiger partial charge < -0.3 is 20.7 Å². The maximum Gasteiger partial charge on any atom is 0.337 e. The smallest absolute Gasteiger partial charge is 0.337 e. The maximum atomic E-state index is 12.0. The molecule has 7 nitrogen and oxygen atoms in total. The van der Waals surface area contributed by atoms with Crippen LogP contribution in [0.25, 0.3) is 11.1 Å². The molecule has 1 aliphatic rings. The van der Waals surface area contributed by atoms with E-state index in [0.717, 1.165) is 73.0 Å². The van der Waals surface area contributed by atoms with Crippen LogP contribution in [-0.4, -0.2) is 61.2 Å². The Bertz CT molecular complexity index is 1130. The minimum Gasteiger partial charge on any atom is -0.465 e. The predicted octanol–water partition coefficient (Wildman–Crippen LogP) is 3.51. The van der Waals surface area contributed by atoms with E-state index in [1.165, 1.54) is 12.7 Å². The van der Waals surface area contributed by atoms with Crippen LogP contribution in [-0.2, 0) is 17.6 Å². The van der Waals surface area contributed by atoms with Gasteiger partial charge in [-0.3, -0.25) is 0 Å². The number of carbonyl (C=O) groups excluding carboxylic acids is 1. The van der Waals surface area contributed by atoms with E-state index in [9.17, 15) is 4.79 Å². The van der Waals surface area contributed by atoms with Gasteiger partial charge in [0.15, 0.2) is 0 Å². The highest BCUT2D eigenvalue weighted by atomic mass is 16.5. The van der Waals surface area contributed by atoms with Gasteiger partial charge in [0.05, 0.1) is 18.4 Å². The molecule has 0 radical (unpaired) electrons. The molecule has 0 unspecified atom stereocenters. The summed E-state index contributed by atoms with van der Waals surface area (Å²) in [6, 6.07) is 16.0. The first-order valence-corrected chi connectivity index (χ1v) is 11.9. The minimum atomic E-state index is -0.327. The number of rotatable bonds is 11. The Morgan fingerprint density at radius 1 is 1.12 bits per heavy atom. The van der Waals surface area contributed by atoms with E-state index in [1.807, 2.05) is 36.4 Å². The number of ether oxygens (including phenoxy) is 1. The summed E-state index contributed by atoms with van der Waals surface area (Å²) in [5.74, 6) is 1.34. The van der Waals surface area contributed by atoms with E-state index in [-0.39, 0.29) is 5.97 Å². The minimum absolute atomic E-state index is 0.327. The second-order valence-electron chi connectivity index (χ2n) is 8.74. The largest absolute Gasteiger partial charge is 0.465 e. The number of fused-ring (bicyclic) bond motifs is 3. The molecule has 1 aliphatic carbocycles. The normalized spacial score (nSPS) is 11.9. The molecule has 0 aliphatic heterocycles. The first-order chi connectivity index (χ1) is 16.6. The summed E-state index contributed by atoms with van der Waals surface area (Å²) in [5, 5.41) is 3.58. The molecule has 178 valence electrons. The van der Waals surface area contributed by atoms with Gasteiger partial charge in [0.1, 0.15) is 11.6 Å². The molecular formula is C27H33N5O2. The highest BCUT2D eigenvalue weighted by molar-refractivity contribution is 5.92. The average molecular weight is 460 g/mol. The molecule has 2 aromatic carbocycles. The van der Waals surface area contributed by atoms with Crippen LogP contribution in [0, 0.1) is 0 Å². The van der Waals surface area contributed by atoms with E-state index in [0.29, 0.717) is 18.4 Å². The van der Waals surface area contributed by atoms with Crippen molar-refractivity contribution in [3.8, 4) is 11.1 Å². The maximum absolute atomic E-state index is 12.0. The quantitative estimate of drug-likeness (QED) is 0.262. The van der Waals surface area contributed by atoms with Gasteiger partial charge in [0.2, 0.25) is 0 Å². The lowest BCUT2D eigenvalue weighted by Crippen LogP contribution is -2.24. The standard InChI is InChI=1S/C27H33N5O2/c1-32(14-6-12-28)15-7-13-29-26-25-22-11-10-20(27(33)34-2)17-21(22)18-23(25)30-24(31-26)16-19-8-4-3-5-9-19/h3-5,8-11,17H,6-7,12-16,18,28H2,1-2H3,(H,29,30,31). The van der Waals surface area contributed by atoms with Crippen LogP contribution in [0.3, 0.4) is 0 Å². The van der Waals surface area contributed by atoms with Gasteiger partial charge in [-0.1, -0.05) is 36.4 Å². The molecule has 3 aromatic rings. The second kappa shape index (κ2) is 11.2. The number of carbonyl (C=O) groups is 1. The Hall–Kier alpha value is -3.29. The number of nitrogens with zero attached hydrogens (tertiary/aromatic N) is 3. The lowest BCUT2D eigenvalue weighted by Gasteiger charge is -2.17.